The second-order valence-corrected chi connectivity index (χ2v) is 13.9. The van der Waals surface area contributed by atoms with E-state index in [2.05, 4.69) is 20.8 Å². The minimum atomic E-state index is -2.36. The summed E-state index contributed by atoms with van der Waals surface area (Å²) in [6.45, 7) is 15.5. The standard InChI is InChI=1S/C20H33NO4Si/c1-18(2,3)24-17(23)20(21,15-12-10-9-11-13-15)16(14-22)25-26(7,8)19(4,5)6/h9-14,16H,21H2,1-8H3/t16-,20-/m0/s1. The van der Waals surface area contributed by atoms with E-state index < -0.39 is 31.5 Å². The Labute approximate surface area is 158 Å². The van der Waals surface area contributed by atoms with Crippen molar-refractivity contribution in [2.45, 2.75) is 76.9 Å². The van der Waals surface area contributed by atoms with Crippen molar-refractivity contribution in [3.8, 4) is 0 Å². The molecule has 0 saturated heterocycles. The molecule has 146 valence electrons. The van der Waals surface area contributed by atoms with Crippen LogP contribution in [0, 0.1) is 0 Å². The van der Waals surface area contributed by atoms with E-state index in [9.17, 15) is 9.59 Å². The first-order valence-electron chi connectivity index (χ1n) is 8.86. The number of benzene rings is 1. The Morgan fingerprint density at radius 3 is 1.96 bits per heavy atom. The number of aldehydes is 1. The van der Waals surface area contributed by atoms with Crippen LogP contribution in [-0.4, -0.2) is 32.3 Å². The Hall–Kier alpha value is -1.50. The fourth-order valence-corrected chi connectivity index (χ4v) is 3.43. The third-order valence-corrected chi connectivity index (χ3v) is 9.24. The van der Waals surface area contributed by atoms with E-state index in [0.29, 0.717) is 11.8 Å². The summed E-state index contributed by atoms with van der Waals surface area (Å²) in [6, 6.07) is 8.81. The normalized spacial score (nSPS) is 16.5. The van der Waals surface area contributed by atoms with Gasteiger partial charge in [0.15, 0.2) is 13.9 Å². The zero-order chi connectivity index (χ0) is 20.4. The predicted molar refractivity (Wildman–Crippen MR) is 106 cm³/mol. The Balaban J connectivity index is 3.43. The van der Waals surface area contributed by atoms with Crippen molar-refractivity contribution in [1.82, 2.24) is 0 Å². The molecule has 0 aromatic heterocycles. The average Bonchev–Trinajstić information content (AvgIpc) is 2.49. The van der Waals surface area contributed by atoms with Gasteiger partial charge >= 0.3 is 5.97 Å². The van der Waals surface area contributed by atoms with Crippen LogP contribution in [0.1, 0.15) is 47.1 Å². The first-order valence-corrected chi connectivity index (χ1v) is 11.8. The van der Waals surface area contributed by atoms with Gasteiger partial charge in [-0.2, -0.15) is 0 Å². The third kappa shape index (κ3) is 5.02. The highest BCUT2D eigenvalue weighted by atomic mass is 28.4. The van der Waals surface area contributed by atoms with Crippen molar-refractivity contribution in [3.63, 3.8) is 0 Å². The summed E-state index contributed by atoms with van der Waals surface area (Å²) in [5, 5.41) is -0.139. The van der Waals surface area contributed by atoms with Crippen LogP contribution in [0.4, 0.5) is 0 Å². The molecule has 0 aliphatic carbocycles. The number of rotatable bonds is 6. The summed E-state index contributed by atoms with van der Waals surface area (Å²) in [5.74, 6) is -0.674. The quantitative estimate of drug-likeness (QED) is 0.462. The molecule has 1 aromatic carbocycles. The molecule has 0 aliphatic rings. The van der Waals surface area contributed by atoms with Gasteiger partial charge in [-0.05, 0) is 44.5 Å². The molecule has 2 atom stereocenters. The maximum absolute atomic E-state index is 13.0. The first-order chi connectivity index (χ1) is 11.6. The topological polar surface area (TPSA) is 78.6 Å². The molecule has 2 N–H and O–H groups in total. The highest BCUT2D eigenvalue weighted by Crippen LogP contribution is 2.39. The lowest BCUT2D eigenvalue weighted by Gasteiger charge is -2.43. The molecular weight excluding hydrogens is 346 g/mol. The molecule has 0 heterocycles. The van der Waals surface area contributed by atoms with Crippen molar-refractivity contribution < 1.29 is 18.8 Å². The Morgan fingerprint density at radius 2 is 1.58 bits per heavy atom. The molecule has 0 amide bonds. The summed E-state index contributed by atoms with van der Waals surface area (Å²) >= 11 is 0. The second kappa shape index (κ2) is 7.62. The largest absolute Gasteiger partial charge is 0.458 e. The third-order valence-electron chi connectivity index (χ3n) is 4.79. The highest BCUT2D eigenvalue weighted by Gasteiger charge is 2.51. The number of ether oxygens (including phenoxy) is 1. The molecule has 5 nitrogen and oxygen atoms in total. The molecular formula is C20H33NO4Si. The van der Waals surface area contributed by atoms with Crippen molar-refractivity contribution >= 4 is 20.6 Å². The molecule has 0 fully saturated rings. The molecule has 6 heteroatoms. The number of hydrogen-bond acceptors (Lipinski definition) is 5. The van der Waals surface area contributed by atoms with Crippen molar-refractivity contribution in [3.05, 3.63) is 35.9 Å². The number of hydrogen-bond donors (Lipinski definition) is 1. The van der Waals surface area contributed by atoms with Crippen LogP contribution < -0.4 is 5.73 Å². The summed E-state index contributed by atoms with van der Waals surface area (Å²) < 4.78 is 11.8. The van der Waals surface area contributed by atoms with Crippen LogP contribution in [0.3, 0.4) is 0 Å². The van der Waals surface area contributed by atoms with E-state index in [1.807, 2.05) is 19.2 Å². The molecule has 0 aliphatic heterocycles. The van der Waals surface area contributed by atoms with Gasteiger partial charge in [-0.25, -0.2) is 4.79 Å². The van der Waals surface area contributed by atoms with E-state index in [0.717, 1.165) is 0 Å². The first kappa shape index (κ1) is 22.5. The molecule has 26 heavy (non-hydrogen) atoms. The van der Waals surface area contributed by atoms with Crippen LogP contribution in [0.5, 0.6) is 0 Å². The minimum absolute atomic E-state index is 0.139. The molecule has 1 rings (SSSR count). The van der Waals surface area contributed by atoms with Gasteiger partial charge in [-0.15, -0.1) is 0 Å². The van der Waals surface area contributed by atoms with Gasteiger partial charge in [0.2, 0.25) is 0 Å². The van der Waals surface area contributed by atoms with Crippen LogP contribution in [-0.2, 0) is 24.3 Å². The lowest BCUT2D eigenvalue weighted by Crippen LogP contribution is -2.61. The van der Waals surface area contributed by atoms with Crippen molar-refractivity contribution in [1.29, 1.82) is 0 Å². The lowest BCUT2D eigenvalue weighted by atomic mass is 9.85. The van der Waals surface area contributed by atoms with Gasteiger partial charge in [-0.1, -0.05) is 51.1 Å². The SMILES string of the molecule is CC(C)(C)OC(=O)[C@](N)(c1ccccc1)[C@H](C=O)O[Si](C)(C)C(C)(C)C. The Kier molecular flexibility index (Phi) is 6.61. The Morgan fingerprint density at radius 1 is 1.08 bits per heavy atom. The van der Waals surface area contributed by atoms with Gasteiger partial charge in [0, 0.05) is 0 Å². The van der Waals surface area contributed by atoms with Crippen molar-refractivity contribution in [2.75, 3.05) is 0 Å². The molecule has 0 bridgehead atoms. The summed E-state index contributed by atoms with van der Waals surface area (Å²) in [6.07, 6.45) is -0.516. The van der Waals surface area contributed by atoms with Gasteiger partial charge in [0.05, 0.1) is 0 Å². The lowest BCUT2D eigenvalue weighted by molar-refractivity contribution is -0.167. The van der Waals surface area contributed by atoms with Crippen LogP contribution in [0.15, 0.2) is 30.3 Å². The average molecular weight is 380 g/mol. The van der Waals surface area contributed by atoms with Gasteiger partial charge in [-0.3, -0.25) is 0 Å². The van der Waals surface area contributed by atoms with E-state index in [-0.39, 0.29) is 5.04 Å². The molecule has 0 radical (unpaired) electrons. The highest BCUT2D eigenvalue weighted by molar-refractivity contribution is 6.74. The van der Waals surface area contributed by atoms with Crippen LogP contribution >= 0.6 is 0 Å². The van der Waals surface area contributed by atoms with Gasteiger partial charge < -0.3 is 19.7 Å². The van der Waals surface area contributed by atoms with Gasteiger partial charge in [0.1, 0.15) is 18.0 Å². The monoisotopic (exact) mass is 379 g/mol. The number of carbonyl (C=O) groups excluding carboxylic acids is 2. The summed E-state index contributed by atoms with van der Waals surface area (Å²) in [5.41, 5.74) is 4.61. The molecule has 0 unspecified atom stereocenters. The maximum Gasteiger partial charge on any atom is 0.334 e. The van der Waals surface area contributed by atoms with Crippen LogP contribution in [0.2, 0.25) is 18.1 Å². The van der Waals surface area contributed by atoms with E-state index >= 15 is 0 Å². The smallest absolute Gasteiger partial charge is 0.334 e. The summed E-state index contributed by atoms with van der Waals surface area (Å²) in [4.78, 5) is 25.1. The van der Waals surface area contributed by atoms with Gasteiger partial charge in [0.25, 0.3) is 0 Å². The van der Waals surface area contributed by atoms with Crippen molar-refractivity contribution in [2.24, 2.45) is 5.73 Å². The predicted octanol–water partition coefficient (Wildman–Crippen LogP) is 3.77. The minimum Gasteiger partial charge on any atom is -0.458 e. The number of carbonyl (C=O) groups is 2. The number of esters is 1. The molecule has 0 saturated carbocycles. The molecule has 1 aromatic rings. The Bertz CT molecular complexity index is 631. The fourth-order valence-electron chi connectivity index (χ4n) is 2.20. The second-order valence-electron chi connectivity index (χ2n) is 9.17. The molecule has 0 spiro atoms. The van der Waals surface area contributed by atoms with Crippen LogP contribution in [0.25, 0.3) is 0 Å². The fraction of sp³-hybridized carbons (Fsp3) is 0.600. The maximum atomic E-state index is 13.0. The van der Waals surface area contributed by atoms with E-state index in [1.165, 1.54) is 0 Å². The van der Waals surface area contributed by atoms with E-state index in [4.69, 9.17) is 14.9 Å². The van der Waals surface area contributed by atoms with E-state index in [1.54, 1.807) is 45.0 Å². The number of nitrogens with two attached hydrogens (primary N) is 1. The summed E-state index contributed by atoms with van der Waals surface area (Å²) in [7, 11) is -2.36. The zero-order valence-electron chi connectivity index (χ0n) is 17.3. The zero-order valence-corrected chi connectivity index (χ0v) is 18.3.